The first-order valence-corrected chi connectivity index (χ1v) is 3.77. The van der Waals surface area contributed by atoms with Crippen molar-refractivity contribution < 1.29 is 8.68 Å². The standard InChI is InChI=1S/C6H4FN3OS/c7-12-5(1-8)6(11)4-2-9-10-3-4/h2-3,5H,(H,9,10). The quantitative estimate of drug-likeness (QED) is 0.716. The molecular weight excluding hydrogens is 181 g/mol. The number of halogens is 1. The average Bonchev–Trinajstić information content (AvgIpc) is 2.58. The number of hydrogen-bond donors (Lipinski definition) is 1. The summed E-state index contributed by atoms with van der Waals surface area (Å²) in [5.41, 5.74) is 0.215. The predicted octanol–water partition coefficient (Wildman–Crippen LogP) is 1.10. The first-order chi connectivity index (χ1) is 5.79. The van der Waals surface area contributed by atoms with E-state index in [4.69, 9.17) is 5.26 Å². The molecule has 0 saturated heterocycles. The number of Topliss-reactive ketones (excluding diaryl/α,β-unsaturated/α-hetero) is 1. The van der Waals surface area contributed by atoms with Gasteiger partial charge in [0, 0.05) is 6.20 Å². The normalized spacial score (nSPS) is 12.0. The van der Waals surface area contributed by atoms with E-state index in [-0.39, 0.29) is 17.7 Å². The highest BCUT2D eigenvalue weighted by molar-refractivity contribution is 7.96. The molecule has 0 aliphatic carbocycles. The van der Waals surface area contributed by atoms with Crippen molar-refractivity contribution in [1.82, 2.24) is 10.2 Å². The van der Waals surface area contributed by atoms with Crippen LogP contribution in [-0.4, -0.2) is 21.2 Å². The minimum absolute atomic E-state index is 0.215. The Morgan fingerprint density at radius 1 is 1.92 bits per heavy atom. The Bertz CT molecular complexity index is 305. The van der Waals surface area contributed by atoms with Crippen LogP contribution in [0.5, 0.6) is 0 Å². The fraction of sp³-hybridized carbons (Fsp3) is 0.167. The van der Waals surface area contributed by atoms with E-state index in [9.17, 15) is 8.68 Å². The summed E-state index contributed by atoms with van der Waals surface area (Å²) in [5.74, 6) is -0.571. The number of hydrogen-bond acceptors (Lipinski definition) is 4. The highest BCUT2D eigenvalue weighted by atomic mass is 32.2. The molecule has 1 heterocycles. The van der Waals surface area contributed by atoms with Crippen molar-refractivity contribution in [3.8, 4) is 6.07 Å². The van der Waals surface area contributed by atoms with Crippen molar-refractivity contribution in [2.75, 3.05) is 0 Å². The Hall–Kier alpha value is -1.35. The van der Waals surface area contributed by atoms with Gasteiger partial charge in [-0.15, -0.1) is 0 Å². The SMILES string of the molecule is N#CC(SF)C(=O)c1cn[nH]c1. The number of rotatable bonds is 3. The lowest BCUT2D eigenvalue weighted by molar-refractivity contribution is 0.100. The molecule has 12 heavy (non-hydrogen) atoms. The zero-order valence-electron chi connectivity index (χ0n) is 5.82. The Kier molecular flexibility index (Phi) is 2.82. The summed E-state index contributed by atoms with van der Waals surface area (Å²) in [6, 6.07) is 1.54. The Labute approximate surface area is 72.1 Å². The van der Waals surface area contributed by atoms with Crippen molar-refractivity contribution in [2.24, 2.45) is 0 Å². The van der Waals surface area contributed by atoms with Gasteiger partial charge in [-0.1, -0.05) is 0 Å². The van der Waals surface area contributed by atoms with Crippen molar-refractivity contribution in [2.45, 2.75) is 5.25 Å². The first kappa shape index (κ1) is 8.74. The van der Waals surface area contributed by atoms with Crippen LogP contribution in [0.15, 0.2) is 12.4 Å². The van der Waals surface area contributed by atoms with Crippen molar-refractivity contribution in [1.29, 1.82) is 5.26 Å². The topological polar surface area (TPSA) is 69.5 Å². The lowest BCUT2D eigenvalue weighted by Crippen LogP contribution is -2.13. The van der Waals surface area contributed by atoms with Gasteiger partial charge in [0.25, 0.3) is 0 Å². The van der Waals surface area contributed by atoms with Crippen LogP contribution in [0, 0.1) is 11.3 Å². The molecule has 0 radical (unpaired) electrons. The molecule has 0 aliphatic heterocycles. The molecule has 0 bridgehead atoms. The molecule has 1 unspecified atom stereocenters. The van der Waals surface area contributed by atoms with Gasteiger partial charge < -0.3 is 0 Å². The van der Waals surface area contributed by atoms with Gasteiger partial charge in [0.15, 0.2) is 11.0 Å². The summed E-state index contributed by atoms with van der Waals surface area (Å²) in [6.45, 7) is 0. The summed E-state index contributed by atoms with van der Waals surface area (Å²) in [6.07, 6.45) is 2.58. The van der Waals surface area contributed by atoms with Crippen molar-refractivity contribution in [3.05, 3.63) is 18.0 Å². The maximum absolute atomic E-state index is 11.9. The number of H-pyrrole nitrogens is 1. The number of nitriles is 1. The van der Waals surface area contributed by atoms with Crippen LogP contribution in [0.3, 0.4) is 0 Å². The van der Waals surface area contributed by atoms with Gasteiger partial charge in [-0.05, 0) is 0 Å². The number of ketones is 1. The molecule has 0 saturated carbocycles. The maximum Gasteiger partial charge on any atom is 0.195 e. The third kappa shape index (κ3) is 1.62. The van der Waals surface area contributed by atoms with Gasteiger partial charge in [-0.25, -0.2) is 0 Å². The summed E-state index contributed by atoms with van der Waals surface area (Å²) in [5, 5.41) is 13.0. The van der Waals surface area contributed by atoms with E-state index in [0.717, 1.165) is 0 Å². The molecule has 6 heteroatoms. The Morgan fingerprint density at radius 3 is 3.08 bits per heavy atom. The number of nitrogens with zero attached hydrogens (tertiary/aromatic N) is 2. The second kappa shape index (κ2) is 3.88. The van der Waals surface area contributed by atoms with Crippen molar-refractivity contribution >= 4 is 17.9 Å². The number of nitrogens with one attached hydrogen (secondary N) is 1. The fourth-order valence-electron chi connectivity index (χ4n) is 0.656. The molecule has 1 atom stereocenters. The van der Waals surface area contributed by atoms with E-state index in [1.54, 1.807) is 0 Å². The molecule has 0 amide bonds. The molecule has 0 spiro atoms. The smallest absolute Gasteiger partial charge is 0.195 e. The minimum Gasteiger partial charge on any atom is -0.291 e. The van der Waals surface area contributed by atoms with E-state index < -0.39 is 11.0 Å². The molecule has 1 aromatic heterocycles. The van der Waals surface area contributed by atoms with E-state index in [1.807, 2.05) is 0 Å². The molecule has 1 aromatic rings. The number of aromatic nitrogens is 2. The molecule has 62 valence electrons. The number of carbonyl (C=O) groups is 1. The molecule has 1 rings (SSSR count). The Balaban J connectivity index is 2.79. The molecule has 0 aliphatic rings. The lowest BCUT2D eigenvalue weighted by Gasteiger charge is -1.96. The highest BCUT2D eigenvalue weighted by Gasteiger charge is 2.21. The van der Waals surface area contributed by atoms with Gasteiger partial charge in [0.05, 0.1) is 30.0 Å². The highest BCUT2D eigenvalue weighted by Crippen LogP contribution is 2.15. The van der Waals surface area contributed by atoms with Crippen LogP contribution in [0.2, 0.25) is 0 Å². The lowest BCUT2D eigenvalue weighted by atomic mass is 10.2. The number of carbonyl (C=O) groups excluding carboxylic acids is 1. The second-order valence-corrected chi connectivity index (χ2v) is 2.60. The minimum atomic E-state index is -1.29. The summed E-state index contributed by atoms with van der Waals surface area (Å²) >= 11 is -0.276. The largest absolute Gasteiger partial charge is 0.291 e. The second-order valence-electron chi connectivity index (χ2n) is 1.95. The maximum atomic E-state index is 11.9. The van der Waals surface area contributed by atoms with Gasteiger partial charge in [-0.3, -0.25) is 9.89 Å². The van der Waals surface area contributed by atoms with Crippen LogP contribution >= 0.6 is 12.1 Å². The van der Waals surface area contributed by atoms with Gasteiger partial charge in [-0.2, -0.15) is 14.2 Å². The molecule has 1 N–H and O–H groups in total. The first-order valence-electron chi connectivity index (χ1n) is 2.99. The van der Waals surface area contributed by atoms with Crippen LogP contribution in [0.4, 0.5) is 3.89 Å². The van der Waals surface area contributed by atoms with Crippen LogP contribution in [-0.2, 0) is 0 Å². The fourth-order valence-corrected chi connectivity index (χ4v) is 0.913. The summed E-state index contributed by atoms with van der Waals surface area (Å²) < 4.78 is 11.9. The average molecular weight is 185 g/mol. The van der Waals surface area contributed by atoms with E-state index in [1.165, 1.54) is 18.5 Å². The van der Waals surface area contributed by atoms with E-state index in [0.29, 0.717) is 0 Å². The monoisotopic (exact) mass is 185 g/mol. The van der Waals surface area contributed by atoms with Crippen molar-refractivity contribution in [3.63, 3.8) is 0 Å². The Morgan fingerprint density at radius 2 is 2.67 bits per heavy atom. The molecule has 0 aromatic carbocycles. The predicted molar refractivity (Wildman–Crippen MR) is 41.0 cm³/mol. The van der Waals surface area contributed by atoms with Crippen LogP contribution < -0.4 is 0 Å². The van der Waals surface area contributed by atoms with E-state index >= 15 is 0 Å². The molecular formula is C6H4FN3OS. The third-order valence-electron chi connectivity index (χ3n) is 1.23. The summed E-state index contributed by atoms with van der Waals surface area (Å²) in [7, 11) is 0. The zero-order valence-corrected chi connectivity index (χ0v) is 6.64. The van der Waals surface area contributed by atoms with E-state index in [2.05, 4.69) is 10.2 Å². The third-order valence-corrected chi connectivity index (χ3v) is 1.72. The van der Waals surface area contributed by atoms with Gasteiger partial charge in [0.2, 0.25) is 0 Å². The molecule has 0 fully saturated rings. The zero-order chi connectivity index (χ0) is 8.97. The van der Waals surface area contributed by atoms with Gasteiger partial charge in [0.1, 0.15) is 0 Å². The molecule has 4 nitrogen and oxygen atoms in total. The number of aromatic amines is 1. The van der Waals surface area contributed by atoms with Crippen LogP contribution in [0.25, 0.3) is 0 Å². The summed E-state index contributed by atoms with van der Waals surface area (Å²) in [4.78, 5) is 11.1. The van der Waals surface area contributed by atoms with Gasteiger partial charge >= 0.3 is 0 Å². The van der Waals surface area contributed by atoms with Crippen LogP contribution in [0.1, 0.15) is 10.4 Å².